The lowest BCUT2D eigenvalue weighted by Gasteiger charge is -2.34. The van der Waals surface area contributed by atoms with E-state index in [2.05, 4.69) is 9.68 Å². The van der Waals surface area contributed by atoms with Gasteiger partial charge in [0.15, 0.2) is 5.82 Å². The van der Waals surface area contributed by atoms with E-state index in [1.807, 2.05) is 0 Å². The number of hydrogen-bond donors (Lipinski definition) is 2. The predicted octanol–water partition coefficient (Wildman–Crippen LogP) is 0.813. The molecule has 2 amide bonds. The topological polar surface area (TPSA) is 110 Å². The summed E-state index contributed by atoms with van der Waals surface area (Å²) in [5.41, 5.74) is 4.22. The molecule has 0 aliphatic heterocycles. The van der Waals surface area contributed by atoms with Crippen molar-refractivity contribution in [2.75, 3.05) is 4.90 Å². The summed E-state index contributed by atoms with van der Waals surface area (Å²) in [6.45, 7) is 3.17. The van der Waals surface area contributed by atoms with Crippen LogP contribution in [0.2, 0.25) is 0 Å². The second-order valence-electron chi connectivity index (χ2n) is 3.91. The van der Waals surface area contributed by atoms with Crippen LogP contribution in [-0.4, -0.2) is 27.8 Å². The first-order valence-electron chi connectivity index (χ1n) is 4.56. The van der Waals surface area contributed by atoms with Crippen LogP contribution in [-0.2, 0) is 4.79 Å². The van der Waals surface area contributed by atoms with Crippen LogP contribution in [0.4, 0.5) is 10.6 Å². The van der Waals surface area contributed by atoms with Crippen molar-refractivity contribution in [1.29, 1.82) is 0 Å². The molecule has 3 N–H and O–H groups in total. The van der Waals surface area contributed by atoms with Crippen molar-refractivity contribution in [2.24, 2.45) is 5.73 Å². The molecule has 1 aromatic heterocycles. The van der Waals surface area contributed by atoms with Crippen LogP contribution < -0.4 is 10.6 Å². The Bertz CT molecular complexity index is 385. The van der Waals surface area contributed by atoms with Crippen molar-refractivity contribution < 1.29 is 19.2 Å². The third-order valence-electron chi connectivity index (χ3n) is 2.06. The van der Waals surface area contributed by atoms with Crippen molar-refractivity contribution in [3.05, 3.63) is 12.3 Å². The van der Waals surface area contributed by atoms with Gasteiger partial charge in [-0.05, 0) is 13.8 Å². The Morgan fingerprint density at radius 1 is 1.62 bits per heavy atom. The van der Waals surface area contributed by atoms with E-state index in [9.17, 15) is 9.59 Å². The van der Waals surface area contributed by atoms with Gasteiger partial charge in [-0.15, -0.1) is 0 Å². The molecule has 0 aliphatic carbocycles. The first kappa shape index (κ1) is 12.0. The molecule has 0 unspecified atom stereocenters. The third-order valence-corrected chi connectivity index (χ3v) is 2.06. The average Bonchev–Trinajstić information content (AvgIpc) is 2.52. The van der Waals surface area contributed by atoms with Gasteiger partial charge in [0.05, 0.1) is 12.0 Å². The molecule has 88 valence electrons. The zero-order valence-electron chi connectivity index (χ0n) is 9.01. The number of nitrogens with two attached hydrogens (primary N) is 1. The van der Waals surface area contributed by atoms with Crippen LogP contribution >= 0.6 is 0 Å². The zero-order chi connectivity index (χ0) is 12.3. The Hall–Kier alpha value is -2.05. The maximum absolute atomic E-state index is 11.3. The number of carbonyl (C=O) groups is 2. The van der Waals surface area contributed by atoms with E-state index in [0.29, 0.717) is 0 Å². The predicted molar refractivity (Wildman–Crippen MR) is 54.9 cm³/mol. The highest BCUT2D eigenvalue weighted by atomic mass is 16.5. The molecule has 16 heavy (non-hydrogen) atoms. The molecule has 0 aromatic carbocycles. The second-order valence-corrected chi connectivity index (χ2v) is 3.91. The molecule has 0 saturated heterocycles. The van der Waals surface area contributed by atoms with Crippen LogP contribution in [0.15, 0.2) is 16.9 Å². The summed E-state index contributed by atoms with van der Waals surface area (Å²) in [6, 6.07) is 0.661. The summed E-state index contributed by atoms with van der Waals surface area (Å²) in [5, 5.41) is 12.3. The highest BCUT2D eigenvalue weighted by Crippen LogP contribution is 2.24. The SMILES string of the molecule is CC(C)(CC(=O)O)N(C(N)=O)c1ccon1. The number of aromatic nitrogens is 1. The largest absolute Gasteiger partial charge is 0.481 e. The van der Waals surface area contributed by atoms with Crippen molar-refractivity contribution in [2.45, 2.75) is 25.8 Å². The molecule has 0 radical (unpaired) electrons. The Balaban J connectivity index is 3.03. The smallest absolute Gasteiger partial charge is 0.321 e. The Morgan fingerprint density at radius 2 is 2.25 bits per heavy atom. The van der Waals surface area contributed by atoms with E-state index in [1.165, 1.54) is 12.3 Å². The molecular weight excluding hydrogens is 214 g/mol. The van der Waals surface area contributed by atoms with E-state index in [0.717, 1.165) is 4.90 Å². The Labute approximate surface area is 91.8 Å². The van der Waals surface area contributed by atoms with Crippen molar-refractivity contribution in [1.82, 2.24) is 5.16 Å². The van der Waals surface area contributed by atoms with Crippen LogP contribution in [0.3, 0.4) is 0 Å². The average molecular weight is 227 g/mol. The summed E-state index contributed by atoms with van der Waals surface area (Å²) in [5.74, 6) is -0.835. The number of urea groups is 1. The van der Waals surface area contributed by atoms with Gasteiger partial charge in [0.2, 0.25) is 0 Å². The van der Waals surface area contributed by atoms with E-state index in [4.69, 9.17) is 10.8 Å². The lowest BCUT2D eigenvalue weighted by molar-refractivity contribution is -0.138. The van der Waals surface area contributed by atoms with Crippen LogP contribution in [0, 0.1) is 0 Å². The summed E-state index contributed by atoms with van der Waals surface area (Å²) in [4.78, 5) is 23.1. The number of aliphatic carboxylic acids is 1. The molecule has 0 saturated carbocycles. The summed E-state index contributed by atoms with van der Waals surface area (Å²) >= 11 is 0. The van der Waals surface area contributed by atoms with Gasteiger partial charge in [-0.2, -0.15) is 0 Å². The van der Waals surface area contributed by atoms with E-state index < -0.39 is 17.5 Å². The molecule has 0 fully saturated rings. The van der Waals surface area contributed by atoms with Gasteiger partial charge < -0.3 is 15.4 Å². The molecule has 0 atom stereocenters. The van der Waals surface area contributed by atoms with Crippen LogP contribution in [0.5, 0.6) is 0 Å². The molecule has 0 aliphatic rings. The van der Waals surface area contributed by atoms with Gasteiger partial charge in [-0.1, -0.05) is 5.16 Å². The summed E-state index contributed by atoms with van der Waals surface area (Å²) in [6.07, 6.45) is 1.03. The minimum Gasteiger partial charge on any atom is -0.481 e. The lowest BCUT2D eigenvalue weighted by Crippen LogP contribution is -2.52. The van der Waals surface area contributed by atoms with Gasteiger partial charge in [-0.25, -0.2) is 4.79 Å². The lowest BCUT2D eigenvalue weighted by atomic mass is 9.98. The maximum atomic E-state index is 11.3. The second kappa shape index (κ2) is 4.21. The molecule has 0 spiro atoms. The Morgan fingerprint density at radius 3 is 2.62 bits per heavy atom. The first-order valence-corrected chi connectivity index (χ1v) is 4.56. The van der Waals surface area contributed by atoms with Gasteiger partial charge in [-0.3, -0.25) is 9.69 Å². The fourth-order valence-electron chi connectivity index (χ4n) is 1.49. The number of carbonyl (C=O) groups excluding carboxylic acids is 1. The molecular formula is C9H13N3O4. The number of carboxylic acids is 1. The minimum absolute atomic E-state index is 0.193. The van der Waals surface area contributed by atoms with E-state index >= 15 is 0 Å². The number of primary amides is 1. The van der Waals surface area contributed by atoms with Crippen LogP contribution in [0.25, 0.3) is 0 Å². The van der Waals surface area contributed by atoms with Gasteiger partial charge >= 0.3 is 12.0 Å². The fourth-order valence-corrected chi connectivity index (χ4v) is 1.49. The minimum atomic E-state index is -1.03. The molecule has 7 nitrogen and oxygen atoms in total. The van der Waals surface area contributed by atoms with Crippen molar-refractivity contribution in [3.8, 4) is 0 Å². The van der Waals surface area contributed by atoms with Gasteiger partial charge in [0.25, 0.3) is 0 Å². The molecule has 0 bridgehead atoms. The van der Waals surface area contributed by atoms with E-state index in [-0.39, 0.29) is 12.2 Å². The van der Waals surface area contributed by atoms with Gasteiger partial charge in [0, 0.05) is 6.07 Å². The molecule has 1 rings (SSSR count). The quantitative estimate of drug-likeness (QED) is 0.790. The number of carboxylic acid groups (broad SMARTS) is 1. The number of hydrogen-bond acceptors (Lipinski definition) is 4. The highest BCUT2D eigenvalue weighted by Gasteiger charge is 2.34. The molecule has 7 heteroatoms. The maximum Gasteiger partial charge on any atom is 0.321 e. The number of nitrogens with zero attached hydrogens (tertiary/aromatic N) is 2. The van der Waals surface area contributed by atoms with Crippen molar-refractivity contribution >= 4 is 17.8 Å². The summed E-state index contributed by atoms with van der Waals surface area (Å²) < 4.78 is 4.60. The van der Waals surface area contributed by atoms with Crippen LogP contribution in [0.1, 0.15) is 20.3 Å². The normalized spacial score (nSPS) is 11.1. The van der Waals surface area contributed by atoms with Gasteiger partial charge in [0.1, 0.15) is 6.26 Å². The fraction of sp³-hybridized carbons (Fsp3) is 0.444. The van der Waals surface area contributed by atoms with Crippen molar-refractivity contribution in [3.63, 3.8) is 0 Å². The summed E-state index contributed by atoms with van der Waals surface area (Å²) in [7, 11) is 0. The monoisotopic (exact) mass is 227 g/mol. The molecule has 1 aromatic rings. The first-order chi connectivity index (χ1) is 7.34. The zero-order valence-corrected chi connectivity index (χ0v) is 9.01. The number of amides is 2. The standard InChI is InChI=1S/C9H13N3O4/c1-9(2,5-7(13)14)12(8(10)15)6-3-4-16-11-6/h3-4H,5H2,1-2H3,(H2,10,15)(H,13,14). The number of rotatable bonds is 4. The Kier molecular flexibility index (Phi) is 3.17. The highest BCUT2D eigenvalue weighted by molar-refractivity contribution is 5.91. The third kappa shape index (κ3) is 2.50. The number of anilines is 1. The molecule has 1 heterocycles. The van der Waals surface area contributed by atoms with E-state index in [1.54, 1.807) is 13.8 Å².